The maximum atomic E-state index is 13.2. The van der Waals surface area contributed by atoms with E-state index in [0.717, 1.165) is 22.4 Å². The van der Waals surface area contributed by atoms with Crippen LogP contribution in [0, 0.1) is 0 Å². The Balaban J connectivity index is 1.17. The van der Waals surface area contributed by atoms with Crippen LogP contribution in [-0.4, -0.2) is 45.8 Å². The van der Waals surface area contributed by atoms with Crippen LogP contribution < -0.4 is 10.6 Å². The molecule has 0 bridgehead atoms. The molecule has 1 aliphatic heterocycles. The van der Waals surface area contributed by atoms with Gasteiger partial charge in [0.2, 0.25) is 5.91 Å². The lowest BCUT2D eigenvalue weighted by molar-refractivity contribution is -0.142. The fraction of sp³-hybridized carbons (Fsp3) is 0.182. The van der Waals surface area contributed by atoms with Crippen molar-refractivity contribution >= 4 is 58.6 Å². The molecule has 0 aliphatic carbocycles. The standard InChI is InChI=1S/C33H29Cl2N3O4S/c34-25-18-26(35)20-28(19-25)43-38-16-4-7-30(38)32(40)37-29(33(41)42)17-21-8-14-27(15-9-21)36-31(39)24-12-10-23(11-13-24)22-5-2-1-3-6-22/h1-3,5-6,8-15,18-20,29-30H,4,7,16-17H2,(H,36,39)(H,37,40)(H,41,42)/t29-,30+/m0/s1. The normalized spacial score (nSPS) is 15.5. The third-order valence-electron chi connectivity index (χ3n) is 7.09. The van der Waals surface area contributed by atoms with Gasteiger partial charge in [-0.15, -0.1) is 0 Å². The van der Waals surface area contributed by atoms with Gasteiger partial charge in [-0.2, -0.15) is 0 Å². The van der Waals surface area contributed by atoms with E-state index >= 15 is 0 Å². The van der Waals surface area contributed by atoms with E-state index < -0.39 is 18.1 Å². The number of hydrogen-bond donors (Lipinski definition) is 3. The molecule has 1 saturated heterocycles. The summed E-state index contributed by atoms with van der Waals surface area (Å²) in [6, 6.07) is 27.8. The summed E-state index contributed by atoms with van der Waals surface area (Å²) in [6.45, 7) is 0.676. The van der Waals surface area contributed by atoms with Crippen LogP contribution in [0.2, 0.25) is 10.0 Å². The molecule has 2 amide bonds. The van der Waals surface area contributed by atoms with Crippen molar-refractivity contribution in [1.82, 2.24) is 9.62 Å². The number of rotatable bonds is 10. The Bertz CT molecular complexity index is 1580. The molecule has 1 aliphatic rings. The molecule has 4 aromatic carbocycles. The van der Waals surface area contributed by atoms with E-state index in [-0.39, 0.29) is 18.2 Å². The highest BCUT2D eigenvalue weighted by Gasteiger charge is 2.34. The van der Waals surface area contributed by atoms with Crippen LogP contribution >= 0.6 is 35.1 Å². The smallest absolute Gasteiger partial charge is 0.326 e. The van der Waals surface area contributed by atoms with Crippen LogP contribution in [0.4, 0.5) is 5.69 Å². The zero-order valence-corrected chi connectivity index (χ0v) is 25.3. The van der Waals surface area contributed by atoms with Gasteiger partial charge in [-0.25, -0.2) is 9.10 Å². The Labute approximate surface area is 264 Å². The van der Waals surface area contributed by atoms with Gasteiger partial charge in [0.25, 0.3) is 5.91 Å². The van der Waals surface area contributed by atoms with Gasteiger partial charge in [-0.1, -0.05) is 77.8 Å². The van der Waals surface area contributed by atoms with Gasteiger partial charge in [0.05, 0.1) is 6.04 Å². The topological polar surface area (TPSA) is 98.7 Å². The van der Waals surface area contributed by atoms with Crippen molar-refractivity contribution in [3.63, 3.8) is 0 Å². The summed E-state index contributed by atoms with van der Waals surface area (Å²) in [5.74, 6) is -1.71. The number of amides is 2. The first-order valence-corrected chi connectivity index (χ1v) is 15.3. The van der Waals surface area contributed by atoms with E-state index in [1.54, 1.807) is 54.6 Å². The molecular weight excluding hydrogens is 605 g/mol. The van der Waals surface area contributed by atoms with Crippen molar-refractivity contribution in [1.29, 1.82) is 0 Å². The predicted octanol–water partition coefficient (Wildman–Crippen LogP) is 7.20. The molecule has 0 aromatic heterocycles. The molecule has 1 heterocycles. The van der Waals surface area contributed by atoms with E-state index in [0.29, 0.717) is 39.8 Å². The monoisotopic (exact) mass is 633 g/mol. The summed E-state index contributed by atoms with van der Waals surface area (Å²) in [6.07, 6.45) is 1.52. The summed E-state index contributed by atoms with van der Waals surface area (Å²) in [5, 5.41) is 16.5. The van der Waals surface area contributed by atoms with Gasteiger partial charge >= 0.3 is 5.97 Å². The number of nitrogens with zero attached hydrogens (tertiary/aromatic N) is 1. The molecule has 220 valence electrons. The molecule has 0 unspecified atom stereocenters. The average Bonchev–Trinajstić information content (AvgIpc) is 3.46. The maximum absolute atomic E-state index is 13.2. The Kier molecular flexibility index (Phi) is 10.0. The minimum absolute atomic E-state index is 0.0972. The molecule has 7 nitrogen and oxygen atoms in total. The second kappa shape index (κ2) is 14.1. The maximum Gasteiger partial charge on any atom is 0.326 e. The third kappa shape index (κ3) is 8.18. The first-order valence-electron chi connectivity index (χ1n) is 13.7. The van der Waals surface area contributed by atoms with E-state index in [2.05, 4.69) is 10.6 Å². The molecule has 0 saturated carbocycles. The minimum atomic E-state index is -1.12. The van der Waals surface area contributed by atoms with Gasteiger partial charge in [-0.3, -0.25) is 9.59 Å². The van der Waals surface area contributed by atoms with Crippen LogP contribution in [0.15, 0.2) is 102 Å². The number of carbonyl (C=O) groups excluding carboxylic acids is 2. The van der Waals surface area contributed by atoms with E-state index in [9.17, 15) is 19.5 Å². The first-order chi connectivity index (χ1) is 20.7. The predicted molar refractivity (Wildman–Crippen MR) is 172 cm³/mol. The zero-order chi connectivity index (χ0) is 30.3. The number of anilines is 1. The van der Waals surface area contributed by atoms with E-state index in [1.807, 2.05) is 46.8 Å². The van der Waals surface area contributed by atoms with Crippen LogP contribution in [0.3, 0.4) is 0 Å². The fourth-order valence-electron chi connectivity index (χ4n) is 4.90. The third-order valence-corrected chi connectivity index (χ3v) is 8.64. The molecule has 3 N–H and O–H groups in total. The number of nitrogens with one attached hydrogen (secondary N) is 2. The number of halogens is 2. The zero-order valence-electron chi connectivity index (χ0n) is 23.0. The first kappa shape index (κ1) is 30.6. The van der Waals surface area contributed by atoms with Crippen LogP contribution in [0.1, 0.15) is 28.8 Å². The van der Waals surface area contributed by atoms with Crippen molar-refractivity contribution in [3.8, 4) is 11.1 Å². The molecule has 2 atom stereocenters. The highest BCUT2D eigenvalue weighted by molar-refractivity contribution is 7.97. The van der Waals surface area contributed by atoms with Crippen molar-refractivity contribution in [2.45, 2.75) is 36.2 Å². The lowest BCUT2D eigenvalue weighted by Crippen LogP contribution is -2.49. The van der Waals surface area contributed by atoms with E-state index in [4.69, 9.17) is 23.2 Å². The number of aliphatic carboxylic acids is 1. The second-order valence-electron chi connectivity index (χ2n) is 10.2. The molecule has 0 spiro atoms. The Morgan fingerprint density at radius 3 is 2.19 bits per heavy atom. The van der Waals surface area contributed by atoms with Crippen molar-refractivity contribution < 1.29 is 19.5 Å². The average molecular weight is 635 g/mol. The highest BCUT2D eigenvalue weighted by Crippen LogP contribution is 2.34. The Hall–Kier alpha value is -3.82. The quantitative estimate of drug-likeness (QED) is 0.160. The molecule has 5 rings (SSSR count). The molecule has 0 radical (unpaired) electrons. The molecule has 4 aromatic rings. The van der Waals surface area contributed by atoms with Crippen molar-refractivity contribution in [3.05, 3.63) is 118 Å². The van der Waals surface area contributed by atoms with Crippen LogP contribution in [0.5, 0.6) is 0 Å². The molecular formula is C33H29Cl2N3O4S. The fourth-order valence-corrected chi connectivity index (χ4v) is 6.74. The lowest BCUT2D eigenvalue weighted by Gasteiger charge is -2.24. The number of benzene rings is 4. The molecule has 1 fully saturated rings. The SMILES string of the molecule is O=C(Nc1ccc(C[C@H](NC(=O)[C@H]2CCCN2Sc2cc(Cl)cc(Cl)c2)C(=O)O)cc1)c1ccc(-c2ccccc2)cc1. The number of carboxylic acid groups (broad SMARTS) is 1. The largest absolute Gasteiger partial charge is 0.480 e. The van der Waals surface area contributed by atoms with Crippen LogP contribution in [0.25, 0.3) is 11.1 Å². The van der Waals surface area contributed by atoms with Crippen molar-refractivity contribution in [2.24, 2.45) is 0 Å². The summed E-state index contributed by atoms with van der Waals surface area (Å²) in [4.78, 5) is 38.8. The van der Waals surface area contributed by atoms with Crippen LogP contribution in [-0.2, 0) is 16.0 Å². The van der Waals surface area contributed by atoms with Gasteiger partial charge in [0.1, 0.15) is 6.04 Å². The number of hydrogen-bond acceptors (Lipinski definition) is 5. The molecule has 43 heavy (non-hydrogen) atoms. The summed E-state index contributed by atoms with van der Waals surface area (Å²) >= 11 is 13.6. The minimum Gasteiger partial charge on any atom is -0.480 e. The van der Waals surface area contributed by atoms with Crippen molar-refractivity contribution in [2.75, 3.05) is 11.9 Å². The second-order valence-corrected chi connectivity index (χ2v) is 12.2. The Morgan fingerprint density at radius 1 is 0.884 bits per heavy atom. The Morgan fingerprint density at radius 2 is 1.53 bits per heavy atom. The van der Waals surface area contributed by atoms with E-state index in [1.165, 1.54) is 11.9 Å². The van der Waals surface area contributed by atoms with Gasteiger partial charge in [0.15, 0.2) is 0 Å². The summed E-state index contributed by atoms with van der Waals surface area (Å²) in [5.41, 5.74) is 3.91. The highest BCUT2D eigenvalue weighted by atomic mass is 35.5. The number of carbonyl (C=O) groups is 3. The summed E-state index contributed by atoms with van der Waals surface area (Å²) in [7, 11) is 0. The summed E-state index contributed by atoms with van der Waals surface area (Å²) < 4.78 is 1.93. The van der Waals surface area contributed by atoms with Gasteiger partial charge in [0, 0.05) is 39.2 Å². The van der Waals surface area contributed by atoms with Gasteiger partial charge in [-0.05, 0) is 83.9 Å². The molecule has 10 heteroatoms. The lowest BCUT2D eigenvalue weighted by atomic mass is 10.0. The number of carboxylic acids is 1. The van der Waals surface area contributed by atoms with Gasteiger partial charge < -0.3 is 15.7 Å².